The smallest absolute Gasteiger partial charge is 0.270 e. The number of para-hydroxylation sites is 1. The first-order chi connectivity index (χ1) is 21.9. The van der Waals surface area contributed by atoms with Crippen molar-refractivity contribution >= 4 is 39.7 Å². The Morgan fingerprint density at radius 2 is 1.73 bits per heavy atom. The highest BCUT2D eigenvalue weighted by Crippen LogP contribution is 2.27. The van der Waals surface area contributed by atoms with Crippen molar-refractivity contribution < 1.29 is 23.1 Å². The number of carbonyl (C=O) groups is 2. The Balaban J connectivity index is 1.17. The number of aromatic nitrogens is 2. The van der Waals surface area contributed by atoms with Crippen LogP contribution in [0.5, 0.6) is 11.5 Å². The van der Waals surface area contributed by atoms with Crippen molar-refractivity contribution in [1.82, 2.24) is 14.9 Å². The average Bonchev–Trinajstić information content (AvgIpc) is 3.57. The normalized spacial score (nSPS) is 10.9. The highest BCUT2D eigenvalue weighted by molar-refractivity contribution is 7.09. The van der Waals surface area contributed by atoms with Crippen LogP contribution in [0.15, 0.2) is 114 Å². The van der Waals surface area contributed by atoms with Gasteiger partial charge in [-0.15, -0.1) is 11.3 Å². The lowest BCUT2D eigenvalue weighted by Crippen LogP contribution is -2.26. The van der Waals surface area contributed by atoms with Crippen LogP contribution in [-0.2, 0) is 6.42 Å². The molecule has 45 heavy (non-hydrogen) atoms. The molecule has 6 rings (SSSR count). The van der Waals surface area contributed by atoms with E-state index >= 15 is 4.39 Å². The molecule has 6 aromatic rings. The van der Waals surface area contributed by atoms with Gasteiger partial charge in [0.15, 0.2) is 11.6 Å². The van der Waals surface area contributed by atoms with Gasteiger partial charge in [0.2, 0.25) is 5.43 Å². The summed E-state index contributed by atoms with van der Waals surface area (Å²) in [7, 11) is 0. The monoisotopic (exact) mass is 622 g/mol. The maximum absolute atomic E-state index is 15.1. The molecule has 0 atom stereocenters. The molecule has 0 bridgehead atoms. The van der Waals surface area contributed by atoms with Gasteiger partial charge in [0, 0.05) is 52.7 Å². The number of nitrogens with zero attached hydrogens (tertiary/aromatic N) is 2. The quantitative estimate of drug-likeness (QED) is 0.186. The van der Waals surface area contributed by atoms with E-state index < -0.39 is 23.0 Å². The number of anilines is 1. The van der Waals surface area contributed by atoms with Crippen molar-refractivity contribution in [2.75, 3.05) is 11.9 Å². The Hall–Kier alpha value is -5.68. The van der Waals surface area contributed by atoms with E-state index in [1.165, 1.54) is 60.9 Å². The number of pyridine rings is 2. The van der Waals surface area contributed by atoms with Crippen LogP contribution in [0.3, 0.4) is 0 Å². The van der Waals surface area contributed by atoms with Gasteiger partial charge in [-0.1, -0.05) is 18.2 Å². The SMILES string of the molecule is O=C(NCCc1cccs1)c1cc(Oc2ccc(NC(=O)c3cn(-c4ccc(F)cc4)c4ccccc4c3=O)cc2F)ccn1. The van der Waals surface area contributed by atoms with E-state index in [1.54, 1.807) is 40.2 Å². The molecular weight excluding hydrogens is 598 g/mol. The van der Waals surface area contributed by atoms with E-state index in [1.807, 2.05) is 17.5 Å². The summed E-state index contributed by atoms with van der Waals surface area (Å²) in [5.74, 6) is -2.30. The third-order valence-electron chi connectivity index (χ3n) is 6.88. The molecular formula is C34H24F2N4O4S. The van der Waals surface area contributed by atoms with Gasteiger partial charge in [0.05, 0.1) is 5.52 Å². The third-order valence-corrected chi connectivity index (χ3v) is 7.82. The van der Waals surface area contributed by atoms with Gasteiger partial charge in [0.25, 0.3) is 11.8 Å². The summed E-state index contributed by atoms with van der Waals surface area (Å²) < 4.78 is 35.9. The molecule has 0 aliphatic rings. The largest absolute Gasteiger partial charge is 0.454 e. The van der Waals surface area contributed by atoms with Crippen molar-refractivity contribution in [3.05, 3.63) is 147 Å². The van der Waals surface area contributed by atoms with Crippen LogP contribution in [-0.4, -0.2) is 27.9 Å². The second-order valence-corrected chi connectivity index (χ2v) is 10.9. The van der Waals surface area contributed by atoms with Gasteiger partial charge in [-0.2, -0.15) is 0 Å². The number of fused-ring (bicyclic) bond motifs is 1. The van der Waals surface area contributed by atoms with Crippen LogP contribution < -0.4 is 20.8 Å². The van der Waals surface area contributed by atoms with Crippen LogP contribution >= 0.6 is 11.3 Å². The highest BCUT2D eigenvalue weighted by Gasteiger charge is 2.18. The zero-order valence-corrected chi connectivity index (χ0v) is 24.3. The van der Waals surface area contributed by atoms with Gasteiger partial charge in [-0.25, -0.2) is 8.78 Å². The molecule has 3 aromatic carbocycles. The Labute approximate surface area is 259 Å². The summed E-state index contributed by atoms with van der Waals surface area (Å²) in [5, 5.41) is 7.63. The summed E-state index contributed by atoms with van der Waals surface area (Å²) >= 11 is 1.61. The lowest BCUT2D eigenvalue weighted by Gasteiger charge is -2.14. The molecule has 3 aromatic heterocycles. The summed E-state index contributed by atoms with van der Waals surface area (Å²) in [5.41, 5.74) is 0.594. The first-order valence-corrected chi connectivity index (χ1v) is 14.7. The number of amides is 2. The maximum atomic E-state index is 15.1. The predicted octanol–water partition coefficient (Wildman–Crippen LogP) is 6.74. The van der Waals surface area contributed by atoms with Gasteiger partial charge in [-0.3, -0.25) is 19.4 Å². The number of thiophene rings is 1. The van der Waals surface area contributed by atoms with E-state index in [0.29, 0.717) is 24.2 Å². The first kappa shape index (κ1) is 29.4. The molecule has 224 valence electrons. The van der Waals surface area contributed by atoms with E-state index in [-0.39, 0.29) is 39.7 Å². The van der Waals surface area contributed by atoms with Crippen LogP contribution in [0.25, 0.3) is 16.6 Å². The van der Waals surface area contributed by atoms with E-state index in [0.717, 1.165) is 10.9 Å². The fraction of sp³-hybridized carbons (Fsp3) is 0.0588. The molecule has 0 aliphatic carbocycles. The Morgan fingerprint density at radius 3 is 2.51 bits per heavy atom. The fourth-order valence-electron chi connectivity index (χ4n) is 4.69. The zero-order valence-electron chi connectivity index (χ0n) is 23.5. The van der Waals surface area contributed by atoms with Crippen molar-refractivity contribution in [1.29, 1.82) is 0 Å². The molecule has 2 N–H and O–H groups in total. The topological polar surface area (TPSA) is 102 Å². The molecule has 0 radical (unpaired) electrons. The minimum absolute atomic E-state index is 0.0891. The van der Waals surface area contributed by atoms with Crippen molar-refractivity contribution in [3.63, 3.8) is 0 Å². The van der Waals surface area contributed by atoms with Crippen molar-refractivity contribution in [3.8, 4) is 17.2 Å². The van der Waals surface area contributed by atoms with Gasteiger partial charge < -0.3 is 19.9 Å². The number of ether oxygens (including phenoxy) is 1. The van der Waals surface area contributed by atoms with Crippen LogP contribution in [0.1, 0.15) is 25.7 Å². The summed E-state index contributed by atoms with van der Waals surface area (Å²) in [4.78, 5) is 44.3. The number of rotatable bonds is 9. The van der Waals surface area contributed by atoms with Crippen molar-refractivity contribution in [2.24, 2.45) is 0 Å². The van der Waals surface area contributed by atoms with Crippen LogP contribution in [0.4, 0.5) is 14.5 Å². The van der Waals surface area contributed by atoms with Crippen molar-refractivity contribution in [2.45, 2.75) is 6.42 Å². The van der Waals surface area contributed by atoms with E-state index in [4.69, 9.17) is 4.74 Å². The predicted molar refractivity (Wildman–Crippen MR) is 169 cm³/mol. The maximum Gasteiger partial charge on any atom is 0.270 e. The number of hydrogen-bond acceptors (Lipinski definition) is 6. The molecule has 2 amide bonds. The molecule has 3 heterocycles. The minimum Gasteiger partial charge on any atom is -0.454 e. The summed E-state index contributed by atoms with van der Waals surface area (Å²) in [6, 6.07) is 23.0. The molecule has 0 spiro atoms. The third kappa shape index (κ3) is 6.63. The molecule has 0 unspecified atom stereocenters. The minimum atomic E-state index is -0.784. The number of carbonyl (C=O) groups excluding carboxylic acids is 2. The number of benzene rings is 3. The van der Waals surface area contributed by atoms with Crippen LogP contribution in [0.2, 0.25) is 0 Å². The summed E-state index contributed by atoms with van der Waals surface area (Å²) in [6.07, 6.45) is 3.46. The first-order valence-electron chi connectivity index (χ1n) is 13.8. The molecule has 11 heteroatoms. The number of hydrogen-bond donors (Lipinski definition) is 2. The molecule has 0 fully saturated rings. The van der Waals surface area contributed by atoms with E-state index in [2.05, 4.69) is 15.6 Å². The zero-order chi connectivity index (χ0) is 31.3. The fourth-order valence-corrected chi connectivity index (χ4v) is 5.39. The summed E-state index contributed by atoms with van der Waals surface area (Å²) in [6.45, 7) is 0.438. The Morgan fingerprint density at radius 1 is 0.911 bits per heavy atom. The standard InChI is InChI=1S/C34H24F2N4O4S/c35-21-7-10-23(11-8-21)40-20-27(32(41)26-5-1-2-6-30(26)40)33(42)39-22-9-12-31(28(36)18-22)44-24-13-15-37-29(19-24)34(43)38-16-14-25-4-3-17-45-25/h1-13,15,17-20H,14,16H2,(H,38,43)(H,39,42). The lowest BCUT2D eigenvalue weighted by molar-refractivity contribution is 0.0948. The molecule has 8 nitrogen and oxygen atoms in total. The number of halogens is 2. The second kappa shape index (κ2) is 12.9. The Bertz CT molecular complexity index is 2080. The van der Waals surface area contributed by atoms with Gasteiger partial charge >= 0.3 is 0 Å². The number of nitrogens with one attached hydrogen (secondary N) is 2. The molecule has 0 saturated heterocycles. The highest BCUT2D eigenvalue weighted by atomic mass is 32.1. The van der Waals surface area contributed by atoms with Gasteiger partial charge in [0.1, 0.15) is 22.8 Å². The molecule has 0 aliphatic heterocycles. The Kier molecular flexibility index (Phi) is 8.43. The average molecular weight is 623 g/mol. The second-order valence-electron chi connectivity index (χ2n) is 9.90. The van der Waals surface area contributed by atoms with E-state index in [9.17, 15) is 18.8 Å². The molecule has 0 saturated carbocycles. The van der Waals surface area contributed by atoms with Crippen LogP contribution in [0, 0.1) is 11.6 Å². The van der Waals surface area contributed by atoms with Gasteiger partial charge in [-0.05, 0) is 72.5 Å². The lowest BCUT2D eigenvalue weighted by atomic mass is 10.1.